The smallest absolute Gasteiger partial charge is 0.188 e. The Kier molecular flexibility index (Phi) is 6.91. The number of nitrogens with one attached hydrogen (secondary N) is 1. The van der Waals surface area contributed by atoms with Crippen molar-refractivity contribution in [2.75, 3.05) is 32.8 Å². The predicted molar refractivity (Wildman–Crippen MR) is 102 cm³/mol. The maximum absolute atomic E-state index is 5.97. The van der Waals surface area contributed by atoms with Crippen molar-refractivity contribution < 1.29 is 4.74 Å². The van der Waals surface area contributed by atoms with Gasteiger partial charge in [-0.1, -0.05) is 0 Å². The second-order valence-electron chi connectivity index (χ2n) is 5.76. The molecule has 2 aliphatic rings. The Balaban J connectivity index is 0.00000176. The van der Waals surface area contributed by atoms with Crippen molar-refractivity contribution >= 4 is 41.3 Å². The van der Waals surface area contributed by atoms with Gasteiger partial charge in [-0.05, 0) is 31.9 Å². The molecule has 22 heavy (non-hydrogen) atoms. The fourth-order valence-electron chi connectivity index (χ4n) is 2.57. The van der Waals surface area contributed by atoms with Gasteiger partial charge in [-0.25, -0.2) is 0 Å². The minimum Gasteiger partial charge on any atom is -0.379 e. The SMILES string of the molecule is Cc1ccc(C(CN=C(N)NC2CC2)N2CCOCC2)s1.I. The summed E-state index contributed by atoms with van der Waals surface area (Å²) in [6, 6.07) is 5.27. The predicted octanol–water partition coefficient (Wildman–Crippen LogP) is 2.11. The highest BCUT2D eigenvalue weighted by atomic mass is 127. The van der Waals surface area contributed by atoms with Crippen LogP contribution in [0, 0.1) is 6.92 Å². The first kappa shape index (κ1) is 18.0. The van der Waals surface area contributed by atoms with E-state index in [9.17, 15) is 0 Å². The number of guanidine groups is 1. The number of thiophene rings is 1. The van der Waals surface area contributed by atoms with E-state index >= 15 is 0 Å². The zero-order valence-corrected chi connectivity index (χ0v) is 16.1. The lowest BCUT2D eigenvalue weighted by Crippen LogP contribution is -2.41. The molecule has 0 amide bonds. The first-order valence-corrected chi connectivity index (χ1v) is 8.48. The summed E-state index contributed by atoms with van der Waals surface area (Å²) in [6.45, 7) is 6.41. The third kappa shape index (κ3) is 5.07. The molecule has 5 nitrogen and oxygen atoms in total. The number of ether oxygens (including phenoxy) is 1. The van der Waals surface area contributed by atoms with Crippen LogP contribution in [-0.4, -0.2) is 49.7 Å². The van der Waals surface area contributed by atoms with E-state index in [-0.39, 0.29) is 24.0 Å². The van der Waals surface area contributed by atoms with Crippen LogP contribution in [0.2, 0.25) is 0 Å². The Labute approximate surface area is 153 Å². The minimum atomic E-state index is 0. The van der Waals surface area contributed by atoms with E-state index in [1.807, 2.05) is 11.3 Å². The standard InChI is InChI=1S/C15H24N4OS.HI/c1-11-2-5-14(21-11)13(19-6-8-20-9-7-19)10-17-15(16)18-12-3-4-12;/h2,5,12-13H,3-4,6-10H2,1H3,(H3,16,17,18);1H. The van der Waals surface area contributed by atoms with Crippen molar-refractivity contribution in [3.05, 3.63) is 21.9 Å². The van der Waals surface area contributed by atoms with Gasteiger partial charge < -0.3 is 15.8 Å². The molecule has 1 aromatic heterocycles. The lowest BCUT2D eigenvalue weighted by atomic mass is 10.2. The highest BCUT2D eigenvalue weighted by Gasteiger charge is 2.25. The third-order valence-electron chi connectivity index (χ3n) is 3.94. The molecule has 2 heterocycles. The molecule has 1 aromatic rings. The largest absolute Gasteiger partial charge is 0.379 e. The van der Waals surface area contributed by atoms with Crippen LogP contribution in [0.5, 0.6) is 0 Å². The topological polar surface area (TPSA) is 62.9 Å². The van der Waals surface area contributed by atoms with Crippen molar-refractivity contribution in [1.82, 2.24) is 10.2 Å². The quantitative estimate of drug-likeness (QED) is 0.422. The van der Waals surface area contributed by atoms with Gasteiger partial charge in [0, 0.05) is 28.9 Å². The first-order chi connectivity index (χ1) is 10.2. The molecule has 2 fully saturated rings. The highest BCUT2D eigenvalue weighted by Crippen LogP contribution is 2.28. The first-order valence-electron chi connectivity index (χ1n) is 7.67. The van der Waals surface area contributed by atoms with E-state index in [1.54, 1.807) is 0 Å². The van der Waals surface area contributed by atoms with E-state index in [1.165, 1.54) is 22.6 Å². The molecule has 3 N–H and O–H groups in total. The maximum Gasteiger partial charge on any atom is 0.188 e. The minimum absolute atomic E-state index is 0. The van der Waals surface area contributed by atoms with E-state index in [0.29, 0.717) is 24.6 Å². The third-order valence-corrected chi connectivity index (χ3v) is 5.04. The monoisotopic (exact) mass is 436 g/mol. The number of hydrogen-bond acceptors (Lipinski definition) is 4. The van der Waals surface area contributed by atoms with Gasteiger partial charge in [0.25, 0.3) is 0 Å². The number of aryl methyl sites for hydroxylation is 1. The molecule has 1 aliphatic heterocycles. The van der Waals surface area contributed by atoms with Crippen molar-refractivity contribution in [2.45, 2.75) is 31.8 Å². The summed E-state index contributed by atoms with van der Waals surface area (Å²) >= 11 is 1.85. The van der Waals surface area contributed by atoms with Crippen LogP contribution in [0.1, 0.15) is 28.6 Å². The van der Waals surface area contributed by atoms with E-state index in [4.69, 9.17) is 10.5 Å². The maximum atomic E-state index is 5.97. The molecular weight excluding hydrogens is 411 g/mol. The van der Waals surface area contributed by atoms with E-state index < -0.39 is 0 Å². The molecule has 0 radical (unpaired) electrons. The van der Waals surface area contributed by atoms with Gasteiger partial charge >= 0.3 is 0 Å². The van der Waals surface area contributed by atoms with E-state index in [0.717, 1.165) is 26.3 Å². The number of aliphatic imine (C=N–C) groups is 1. The average molecular weight is 436 g/mol. The second-order valence-corrected chi connectivity index (χ2v) is 7.08. The summed E-state index contributed by atoms with van der Waals surface area (Å²) in [5.74, 6) is 0.587. The number of rotatable bonds is 5. The Hall–Kier alpha value is -0.380. The van der Waals surface area contributed by atoms with Crippen LogP contribution in [-0.2, 0) is 4.74 Å². The van der Waals surface area contributed by atoms with Gasteiger partial charge in [-0.15, -0.1) is 35.3 Å². The van der Waals surface area contributed by atoms with Crippen LogP contribution < -0.4 is 11.1 Å². The lowest BCUT2D eigenvalue weighted by Gasteiger charge is -2.33. The molecule has 1 saturated carbocycles. The molecule has 0 aromatic carbocycles. The summed E-state index contributed by atoms with van der Waals surface area (Å²) in [4.78, 5) is 9.75. The summed E-state index contributed by atoms with van der Waals surface area (Å²) in [6.07, 6.45) is 2.43. The average Bonchev–Trinajstić information content (AvgIpc) is 3.20. The van der Waals surface area contributed by atoms with Gasteiger partial charge in [-0.2, -0.15) is 0 Å². The fourth-order valence-corrected chi connectivity index (χ4v) is 3.58. The molecule has 0 bridgehead atoms. The van der Waals surface area contributed by atoms with Crippen LogP contribution in [0.4, 0.5) is 0 Å². The van der Waals surface area contributed by atoms with Gasteiger partial charge in [0.1, 0.15) is 0 Å². The normalized spacial score (nSPS) is 21.2. The molecule has 1 atom stereocenters. The molecule has 3 rings (SSSR count). The molecule has 1 saturated heterocycles. The molecule has 124 valence electrons. The Bertz CT molecular complexity index is 497. The summed E-state index contributed by atoms with van der Waals surface area (Å²) in [7, 11) is 0. The number of nitrogens with zero attached hydrogens (tertiary/aromatic N) is 2. The van der Waals surface area contributed by atoms with Crippen molar-refractivity contribution in [1.29, 1.82) is 0 Å². The Morgan fingerprint density at radius 1 is 1.45 bits per heavy atom. The van der Waals surface area contributed by atoms with Gasteiger partial charge in [0.15, 0.2) is 5.96 Å². The van der Waals surface area contributed by atoms with Crippen LogP contribution in [0.3, 0.4) is 0 Å². The number of nitrogens with two attached hydrogens (primary N) is 1. The Morgan fingerprint density at radius 3 is 2.77 bits per heavy atom. The highest BCUT2D eigenvalue weighted by molar-refractivity contribution is 14.0. The fraction of sp³-hybridized carbons (Fsp3) is 0.667. The van der Waals surface area contributed by atoms with Crippen molar-refractivity contribution in [3.8, 4) is 0 Å². The zero-order valence-electron chi connectivity index (χ0n) is 13.0. The van der Waals surface area contributed by atoms with Gasteiger partial charge in [-0.3, -0.25) is 9.89 Å². The second kappa shape index (κ2) is 8.47. The van der Waals surface area contributed by atoms with Crippen molar-refractivity contribution in [2.24, 2.45) is 10.7 Å². The molecule has 7 heteroatoms. The van der Waals surface area contributed by atoms with Crippen LogP contribution in [0.15, 0.2) is 17.1 Å². The lowest BCUT2D eigenvalue weighted by molar-refractivity contribution is 0.0187. The number of halogens is 1. The van der Waals surface area contributed by atoms with E-state index in [2.05, 4.69) is 34.3 Å². The van der Waals surface area contributed by atoms with Gasteiger partial charge in [0.05, 0.1) is 25.8 Å². The molecule has 1 unspecified atom stereocenters. The van der Waals surface area contributed by atoms with Crippen molar-refractivity contribution in [3.63, 3.8) is 0 Å². The Morgan fingerprint density at radius 2 is 2.18 bits per heavy atom. The van der Waals surface area contributed by atoms with Crippen LogP contribution in [0.25, 0.3) is 0 Å². The zero-order chi connectivity index (χ0) is 14.7. The summed E-state index contributed by atoms with van der Waals surface area (Å²) in [5.41, 5.74) is 5.97. The molecule has 0 spiro atoms. The summed E-state index contributed by atoms with van der Waals surface area (Å²) in [5, 5.41) is 3.26. The van der Waals surface area contributed by atoms with Gasteiger partial charge in [0.2, 0.25) is 0 Å². The van der Waals surface area contributed by atoms with Crippen LogP contribution >= 0.6 is 35.3 Å². The number of morpholine rings is 1. The number of hydrogen-bond donors (Lipinski definition) is 2. The molecule has 1 aliphatic carbocycles. The molecular formula is C15H25IN4OS. The summed E-state index contributed by atoms with van der Waals surface area (Å²) < 4.78 is 5.47.